The van der Waals surface area contributed by atoms with Gasteiger partial charge in [-0.3, -0.25) is 9.79 Å². The molecule has 0 radical (unpaired) electrons. The van der Waals surface area contributed by atoms with Crippen molar-refractivity contribution in [3.63, 3.8) is 0 Å². The number of aliphatic imine (C=N–C) groups is 1. The van der Waals surface area contributed by atoms with Gasteiger partial charge in [0.25, 0.3) is 0 Å². The molecular formula is C23H24N2O5S2. The Kier molecular flexibility index (Phi) is 6.86. The van der Waals surface area contributed by atoms with Gasteiger partial charge >= 0.3 is 0 Å². The van der Waals surface area contributed by atoms with Gasteiger partial charge in [0.2, 0.25) is 5.91 Å². The van der Waals surface area contributed by atoms with Crippen molar-refractivity contribution >= 4 is 38.7 Å². The second-order valence-electron chi connectivity index (χ2n) is 7.37. The molecule has 9 heteroatoms. The highest BCUT2D eigenvalue weighted by Gasteiger charge is 2.23. The number of carbonyl (C=O) groups is 1. The highest BCUT2D eigenvalue weighted by molar-refractivity contribution is 8.14. The number of thioether (sulfide) groups is 1. The third kappa shape index (κ3) is 5.34. The lowest BCUT2D eigenvalue weighted by atomic mass is 10.1. The average Bonchev–Trinajstić information content (AvgIpc) is 3.26. The minimum atomic E-state index is -3.24. The molecule has 0 saturated heterocycles. The van der Waals surface area contributed by atoms with Gasteiger partial charge in [0, 0.05) is 11.8 Å². The zero-order valence-electron chi connectivity index (χ0n) is 17.6. The lowest BCUT2D eigenvalue weighted by molar-refractivity contribution is -0.115. The van der Waals surface area contributed by atoms with Crippen LogP contribution >= 0.6 is 11.8 Å². The third-order valence-electron chi connectivity index (χ3n) is 4.97. The lowest BCUT2D eigenvalue weighted by Gasteiger charge is -2.19. The third-order valence-corrected chi connectivity index (χ3v) is 7.87. The van der Waals surface area contributed by atoms with Gasteiger partial charge in [-0.1, -0.05) is 36.9 Å². The lowest BCUT2D eigenvalue weighted by Crippen LogP contribution is -2.25. The van der Waals surface area contributed by atoms with Crippen molar-refractivity contribution in [1.82, 2.24) is 5.32 Å². The summed E-state index contributed by atoms with van der Waals surface area (Å²) >= 11 is 1.49. The Labute approximate surface area is 191 Å². The smallest absolute Gasteiger partial charge is 0.249 e. The van der Waals surface area contributed by atoms with Gasteiger partial charge in [0.15, 0.2) is 26.5 Å². The predicted octanol–water partition coefficient (Wildman–Crippen LogP) is 3.62. The molecule has 7 nitrogen and oxygen atoms in total. The number of hydrogen-bond acceptors (Lipinski definition) is 7. The van der Waals surface area contributed by atoms with E-state index in [1.54, 1.807) is 30.3 Å². The van der Waals surface area contributed by atoms with E-state index < -0.39 is 9.84 Å². The SMILES string of the molecule is CCCS(=O)(=O)c1ccc(/C=C/C(=O)NC2=NC(c3ccc4c(c3)OCCO4)CS2)cc1. The van der Waals surface area contributed by atoms with Crippen LogP contribution in [0, 0.1) is 0 Å². The highest BCUT2D eigenvalue weighted by atomic mass is 32.2. The molecule has 0 saturated carbocycles. The van der Waals surface area contributed by atoms with E-state index in [-0.39, 0.29) is 17.7 Å². The molecule has 0 spiro atoms. The summed E-state index contributed by atoms with van der Waals surface area (Å²) in [6.07, 6.45) is 3.63. The summed E-state index contributed by atoms with van der Waals surface area (Å²) in [6, 6.07) is 12.2. The van der Waals surface area contributed by atoms with Crippen LogP contribution in [0.15, 0.2) is 58.4 Å². The second kappa shape index (κ2) is 9.79. The number of fused-ring (bicyclic) bond motifs is 1. The number of ether oxygens (including phenoxy) is 2. The fourth-order valence-electron chi connectivity index (χ4n) is 3.37. The number of amides is 1. The van der Waals surface area contributed by atoms with Crippen LogP contribution in [0.2, 0.25) is 0 Å². The monoisotopic (exact) mass is 472 g/mol. The number of benzene rings is 2. The van der Waals surface area contributed by atoms with Crippen molar-refractivity contribution in [3.8, 4) is 11.5 Å². The summed E-state index contributed by atoms with van der Waals surface area (Å²) in [5.74, 6) is 2.03. The minimum absolute atomic E-state index is 0.0623. The minimum Gasteiger partial charge on any atom is -0.486 e. The first-order valence-corrected chi connectivity index (χ1v) is 13.0. The van der Waals surface area contributed by atoms with E-state index in [0.717, 1.165) is 28.4 Å². The Bertz CT molecular complexity index is 1160. The number of rotatable bonds is 6. The van der Waals surface area contributed by atoms with Gasteiger partial charge in [-0.2, -0.15) is 0 Å². The van der Waals surface area contributed by atoms with Gasteiger partial charge in [-0.05, 0) is 47.9 Å². The van der Waals surface area contributed by atoms with E-state index in [9.17, 15) is 13.2 Å². The van der Waals surface area contributed by atoms with Gasteiger partial charge in [0.1, 0.15) is 13.2 Å². The number of nitrogens with zero attached hydrogens (tertiary/aromatic N) is 1. The molecule has 0 aliphatic carbocycles. The van der Waals surface area contributed by atoms with Crippen LogP contribution in [0.5, 0.6) is 11.5 Å². The quantitative estimate of drug-likeness (QED) is 0.646. The highest BCUT2D eigenvalue weighted by Crippen LogP contribution is 2.36. The second-order valence-corrected chi connectivity index (χ2v) is 10.5. The van der Waals surface area contributed by atoms with Crippen LogP contribution in [-0.4, -0.2) is 44.2 Å². The number of nitrogens with one attached hydrogen (secondary N) is 1. The van der Waals surface area contributed by atoms with Crippen LogP contribution in [0.25, 0.3) is 6.08 Å². The van der Waals surface area contributed by atoms with E-state index in [1.165, 1.54) is 17.8 Å². The zero-order valence-corrected chi connectivity index (χ0v) is 19.2. The Balaban J connectivity index is 1.35. The Morgan fingerprint density at radius 3 is 2.66 bits per heavy atom. The van der Waals surface area contributed by atoms with Crippen molar-refractivity contribution < 1.29 is 22.7 Å². The van der Waals surface area contributed by atoms with Gasteiger partial charge < -0.3 is 14.8 Å². The van der Waals surface area contributed by atoms with E-state index >= 15 is 0 Å². The predicted molar refractivity (Wildman–Crippen MR) is 126 cm³/mol. The summed E-state index contributed by atoms with van der Waals surface area (Å²) < 4.78 is 35.4. The van der Waals surface area contributed by atoms with Crippen LogP contribution in [0.3, 0.4) is 0 Å². The molecule has 0 aromatic heterocycles. The number of carbonyl (C=O) groups excluding carboxylic acids is 1. The summed E-state index contributed by atoms with van der Waals surface area (Å²) in [4.78, 5) is 17.2. The molecule has 1 N–H and O–H groups in total. The molecule has 4 rings (SSSR count). The van der Waals surface area contributed by atoms with E-state index in [4.69, 9.17) is 9.47 Å². The van der Waals surface area contributed by atoms with Gasteiger partial charge in [0.05, 0.1) is 16.7 Å². The fourth-order valence-corrected chi connectivity index (χ4v) is 5.65. The van der Waals surface area contributed by atoms with Crippen molar-refractivity contribution in [2.24, 2.45) is 4.99 Å². The maximum absolute atomic E-state index is 12.3. The molecule has 1 amide bonds. The standard InChI is InChI=1S/C23H24N2O5S2/c1-2-13-32(27,28)18-7-3-16(4-8-18)5-10-22(26)25-23-24-19(15-31-23)17-6-9-20-21(14-17)30-12-11-29-20/h3-10,14,19H,2,11-13,15H2,1H3,(H,24,25,26)/b10-5+. The van der Waals surface area contributed by atoms with Crippen molar-refractivity contribution in [1.29, 1.82) is 0 Å². The Hall–Kier alpha value is -2.78. The Morgan fingerprint density at radius 1 is 1.16 bits per heavy atom. The number of hydrogen-bond donors (Lipinski definition) is 1. The number of amidine groups is 1. The molecule has 0 bridgehead atoms. The summed E-state index contributed by atoms with van der Waals surface area (Å²) in [5, 5.41) is 3.37. The van der Waals surface area contributed by atoms with Crippen LogP contribution < -0.4 is 14.8 Å². The fraction of sp³-hybridized carbons (Fsp3) is 0.304. The Morgan fingerprint density at radius 2 is 1.91 bits per heavy atom. The molecule has 2 heterocycles. The van der Waals surface area contributed by atoms with Crippen LogP contribution in [0.1, 0.15) is 30.5 Å². The normalized spacial score (nSPS) is 17.9. The van der Waals surface area contributed by atoms with Crippen LogP contribution in [-0.2, 0) is 14.6 Å². The molecule has 168 valence electrons. The van der Waals surface area contributed by atoms with Crippen molar-refractivity contribution in [2.75, 3.05) is 24.7 Å². The van der Waals surface area contributed by atoms with Gasteiger partial charge in [-0.25, -0.2) is 8.42 Å². The van der Waals surface area contributed by atoms with E-state index in [1.807, 2.05) is 25.1 Å². The summed E-state index contributed by atoms with van der Waals surface area (Å²) in [6.45, 7) is 2.91. The molecule has 32 heavy (non-hydrogen) atoms. The van der Waals surface area contributed by atoms with Crippen molar-refractivity contribution in [2.45, 2.75) is 24.3 Å². The van der Waals surface area contributed by atoms with Crippen LogP contribution in [0.4, 0.5) is 0 Å². The first kappa shape index (κ1) is 22.4. The maximum Gasteiger partial charge on any atom is 0.249 e. The number of sulfone groups is 1. The zero-order chi connectivity index (χ0) is 22.6. The first-order valence-electron chi connectivity index (χ1n) is 10.4. The molecule has 1 atom stereocenters. The average molecular weight is 473 g/mol. The topological polar surface area (TPSA) is 94.1 Å². The van der Waals surface area contributed by atoms with E-state index in [2.05, 4.69) is 10.3 Å². The molecular weight excluding hydrogens is 448 g/mol. The molecule has 2 aromatic carbocycles. The largest absolute Gasteiger partial charge is 0.486 e. The van der Waals surface area contributed by atoms with Crippen molar-refractivity contribution in [3.05, 3.63) is 59.7 Å². The van der Waals surface area contributed by atoms with E-state index in [0.29, 0.717) is 29.7 Å². The van der Waals surface area contributed by atoms with Gasteiger partial charge in [-0.15, -0.1) is 0 Å². The molecule has 2 aliphatic rings. The molecule has 2 aromatic rings. The summed E-state index contributed by atoms with van der Waals surface area (Å²) in [7, 11) is -3.24. The maximum atomic E-state index is 12.3. The molecule has 0 fully saturated rings. The first-order chi connectivity index (χ1) is 15.4. The molecule has 1 unspecified atom stereocenters. The summed E-state index contributed by atoms with van der Waals surface area (Å²) in [5.41, 5.74) is 1.76. The molecule has 2 aliphatic heterocycles.